The molecule has 110 valence electrons. The first-order chi connectivity index (χ1) is 9.54. The minimum Gasteiger partial charge on any atom is -0.409 e. The van der Waals surface area contributed by atoms with E-state index in [-0.39, 0.29) is 5.84 Å². The normalized spacial score (nSPS) is 23.6. The predicted molar refractivity (Wildman–Crippen MR) is 83.8 cm³/mol. The minimum atomic E-state index is 0.0761. The van der Waals surface area contributed by atoms with Gasteiger partial charge in [0.2, 0.25) is 0 Å². The largest absolute Gasteiger partial charge is 0.409 e. The van der Waals surface area contributed by atoms with Crippen molar-refractivity contribution in [1.29, 1.82) is 0 Å². The Morgan fingerprint density at radius 3 is 2.70 bits per heavy atom. The zero-order valence-corrected chi connectivity index (χ0v) is 12.8. The fraction of sp³-hybridized carbons (Fsp3) is 0.533. The molecular weight excluding hydrogens is 274 g/mol. The number of hydrogen-bond donors (Lipinski definition) is 2. The van der Waals surface area contributed by atoms with Crippen molar-refractivity contribution in [3.05, 3.63) is 28.8 Å². The van der Waals surface area contributed by atoms with Gasteiger partial charge < -0.3 is 15.8 Å². The van der Waals surface area contributed by atoms with Crippen molar-refractivity contribution in [2.45, 2.75) is 38.6 Å². The third-order valence-corrected chi connectivity index (χ3v) is 4.60. The molecule has 2 atom stereocenters. The van der Waals surface area contributed by atoms with Crippen molar-refractivity contribution < 1.29 is 5.21 Å². The first-order valence-electron chi connectivity index (χ1n) is 7.05. The summed E-state index contributed by atoms with van der Waals surface area (Å²) >= 11 is 6.36. The van der Waals surface area contributed by atoms with E-state index >= 15 is 0 Å². The first kappa shape index (κ1) is 15.0. The van der Waals surface area contributed by atoms with Gasteiger partial charge in [-0.05, 0) is 37.0 Å². The van der Waals surface area contributed by atoms with Crippen LogP contribution in [0.1, 0.15) is 38.2 Å². The molecule has 0 radical (unpaired) electrons. The van der Waals surface area contributed by atoms with E-state index < -0.39 is 0 Å². The Kier molecular flexibility index (Phi) is 4.76. The van der Waals surface area contributed by atoms with Crippen LogP contribution in [0.4, 0.5) is 5.69 Å². The lowest BCUT2D eigenvalue weighted by Gasteiger charge is -2.38. The van der Waals surface area contributed by atoms with Crippen molar-refractivity contribution in [2.75, 3.05) is 11.9 Å². The van der Waals surface area contributed by atoms with Crippen LogP contribution in [0, 0.1) is 5.92 Å². The molecule has 3 N–H and O–H groups in total. The molecule has 0 aliphatic heterocycles. The van der Waals surface area contributed by atoms with Gasteiger partial charge in [0, 0.05) is 18.7 Å². The smallest absolute Gasteiger partial charge is 0.170 e. The molecule has 0 aromatic heterocycles. The maximum absolute atomic E-state index is 8.71. The second kappa shape index (κ2) is 6.35. The number of hydrogen-bond acceptors (Lipinski definition) is 3. The molecule has 0 heterocycles. The van der Waals surface area contributed by atoms with Gasteiger partial charge >= 0.3 is 0 Å². The van der Waals surface area contributed by atoms with Crippen molar-refractivity contribution in [3.8, 4) is 0 Å². The molecule has 2 unspecified atom stereocenters. The summed E-state index contributed by atoms with van der Waals surface area (Å²) in [6, 6.07) is 6.05. The van der Waals surface area contributed by atoms with E-state index in [1.807, 2.05) is 12.1 Å². The number of nitrogens with zero attached hydrogens (tertiary/aromatic N) is 2. The lowest BCUT2D eigenvalue weighted by atomic mass is 9.85. The Bertz CT molecular complexity index is 504. The Hall–Kier alpha value is -1.42. The number of halogens is 1. The standard InChI is InChI=1S/C15H22ClN3O/c1-10-5-3-4-6-13(10)19(2)14-8-7-11(9-12(14)16)15(17)18-20/h7-10,13,20H,3-6H2,1-2H3,(H2,17,18). The van der Waals surface area contributed by atoms with Crippen molar-refractivity contribution in [3.63, 3.8) is 0 Å². The number of benzene rings is 1. The molecule has 0 amide bonds. The number of amidine groups is 1. The Balaban J connectivity index is 2.24. The van der Waals surface area contributed by atoms with Crippen LogP contribution in [0.2, 0.25) is 5.02 Å². The van der Waals surface area contributed by atoms with Crippen LogP contribution in [0.3, 0.4) is 0 Å². The quantitative estimate of drug-likeness (QED) is 0.388. The number of anilines is 1. The third-order valence-electron chi connectivity index (χ3n) is 4.29. The molecule has 4 nitrogen and oxygen atoms in total. The minimum absolute atomic E-state index is 0.0761. The van der Waals surface area contributed by atoms with Gasteiger partial charge in [-0.25, -0.2) is 0 Å². The zero-order chi connectivity index (χ0) is 14.7. The number of rotatable bonds is 3. The molecule has 0 spiro atoms. The average molecular weight is 296 g/mol. The Morgan fingerprint density at radius 1 is 1.40 bits per heavy atom. The van der Waals surface area contributed by atoms with Gasteiger partial charge in [-0.1, -0.05) is 36.5 Å². The molecule has 0 bridgehead atoms. The molecule has 1 aromatic rings. The van der Waals surface area contributed by atoms with Crippen LogP contribution in [0.15, 0.2) is 23.4 Å². The van der Waals surface area contributed by atoms with Gasteiger partial charge in [-0.3, -0.25) is 0 Å². The summed E-state index contributed by atoms with van der Waals surface area (Å²) in [5, 5.41) is 12.3. The van der Waals surface area contributed by atoms with Crippen molar-refractivity contribution in [1.82, 2.24) is 0 Å². The fourth-order valence-corrected chi connectivity index (χ4v) is 3.37. The van der Waals surface area contributed by atoms with E-state index in [1.54, 1.807) is 6.07 Å². The molecule has 2 rings (SSSR count). The summed E-state index contributed by atoms with van der Waals surface area (Å²) in [6.07, 6.45) is 5.08. The van der Waals surface area contributed by atoms with Crippen LogP contribution in [0.25, 0.3) is 0 Å². The van der Waals surface area contributed by atoms with Crippen molar-refractivity contribution >= 4 is 23.1 Å². The maximum atomic E-state index is 8.71. The Morgan fingerprint density at radius 2 is 2.10 bits per heavy atom. The van der Waals surface area contributed by atoms with Gasteiger partial charge in [0.1, 0.15) is 0 Å². The van der Waals surface area contributed by atoms with E-state index in [1.165, 1.54) is 25.7 Å². The fourth-order valence-electron chi connectivity index (χ4n) is 3.06. The van der Waals surface area contributed by atoms with Crippen LogP contribution in [0.5, 0.6) is 0 Å². The van der Waals surface area contributed by atoms with E-state index in [0.29, 0.717) is 22.5 Å². The Labute approximate surface area is 125 Å². The van der Waals surface area contributed by atoms with Gasteiger partial charge in [0.15, 0.2) is 5.84 Å². The molecular formula is C15H22ClN3O. The summed E-state index contributed by atoms with van der Waals surface area (Å²) in [5.41, 5.74) is 7.21. The second-order valence-electron chi connectivity index (χ2n) is 5.59. The number of oxime groups is 1. The summed E-state index contributed by atoms with van der Waals surface area (Å²) in [7, 11) is 2.09. The van der Waals surface area contributed by atoms with E-state index in [0.717, 1.165) is 5.69 Å². The summed E-state index contributed by atoms with van der Waals surface area (Å²) < 4.78 is 0. The lowest BCUT2D eigenvalue weighted by Crippen LogP contribution is -2.39. The molecule has 20 heavy (non-hydrogen) atoms. The second-order valence-corrected chi connectivity index (χ2v) is 6.00. The molecule has 1 aromatic carbocycles. The highest BCUT2D eigenvalue weighted by Crippen LogP contribution is 2.34. The average Bonchev–Trinajstić information content (AvgIpc) is 2.46. The van der Waals surface area contributed by atoms with Gasteiger partial charge in [0.25, 0.3) is 0 Å². The zero-order valence-electron chi connectivity index (χ0n) is 12.0. The monoisotopic (exact) mass is 295 g/mol. The van der Waals surface area contributed by atoms with Crippen LogP contribution >= 0.6 is 11.6 Å². The summed E-state index contributed by atoms with van der Waals surface area (Å²) in [4.78, 5) is 2.27. The van der Waals surface area contributed by atoms with Gasteiger partial charge in [0.05, 0.1) is 10.7 Å². The SMILES string of the molecule is CC1CCCCC1N(C)c1ccc(C(N)=NO)cc1Cl. The molecule has 1 saturated carbocycles. The molecule has 1 aliphatic rings. The molecule has 5 heteroatoms. The van der Waals surface area contributed by atoms with Crippen LogP contribution in [-0.4, -0.2) is 24.1 Å². The highest BCUT2D eigenvalue weighted by molar-refractivity contribution is 6.33. The summed E-state index contributed by atoms with van der Waals surface area (Å²) in [6.45, 7) is 2.30. The first-order valence-corrected chi connectivity index (χ1v) is 7.42. The highest BCUT2D eigenvalue weighted by atomic mass is 35.5. The number of nitrogens with two attached hydrogens (primary N) is 1. The van der Waals surface area contributed by atoms with Gasteiger partial charge in [-0.15, -0.1) is 0 Å². The van der Waals surface area contributed by atoms with E-state index in [2.05, 4.69) is 24.0 Å². The van der Waals surface area contributed by atoms with E-state index in [4.69, 9.17) is 22.5 Å². The third kappa shape index (κ3) is 3.01. The lowest BCUT2D eigenvalue weighted by molar-refractivity contribution is 0.318. The maximum Gasteiger partial charge on any atom is 0.170 e. The van der Waals surface area contributed by atoms with Gasteiger partial charge in [-0.2, -0.15) is 0 Å². The van der Waals surface area contributed by atoms with E-state index in [9.17, 15) is 0 Å². The molecule has 1 fully saturated rings. The molecule has 1 aliphatic carbocycles. The molecule has 0 saturated heterocycles. The predicted octanol–water partition coefficient (Wildman–Crippen LogP) is 3.45. The topological polar surface area (TPSA) is 61.8 Å². The summed E-state index contributed by atoms with van der Waals surface area (Å²) in [5.74, 6) is 0.751. The highest BCUT2D eigenvalue weighted by Gasteiger charge is 2.26. The van der Waals surface area contributed by atoms with Crippen LogP contribution < -0.4 is 10.6 Å². The van der Waals surface area contributed by atoms with Crippen LogP contribution in [-0.2, 0) is 0 Å². The van der Waals surface area contributed by atoms with Crippen molar-refractivity contribution in [2.24, 2.45) is 16.8 Å².